The highest BCUT2D eigenvalue weighted by molar-refractivity contribution is 5.09. The highest BCUT2D eigenvalue weighted by atomic mass is 15.1. The minimum atomic E-state index is 0.950. The molecule has 0 amide bonds. The molecule has 0 spiro atoms. The molecule has 4 nitrogen and oxygen atoms in total. The molecule has 0 saturated heterocycles. The first-order chi connectivity index (χ1) is 6.74. The van der Waals surface area contributed by atoms with E-state index in [0.29, 0.717) is 0 Å². The van der Waals surface area contributed by atoms with Gasteiger partial charge in [-0.1, -0.05) is 0 Å². The molecule has 0 saturated carbocycles. The summed E-state index contributed by atoms with van der Waals surface area (Å²) < 4.78 is 0. The van der Waals surface area contributed by atoms with Crippen molar-refractivity contribution in [2.75, 3.05) is 0 Å². The Labute approximate surface area is 82.8 Å². The third-order valence-electron chi connectivity index (χ3n) is 2.16. The Bertz CT molecular complexity index is 373. The van der Waals surface area contributed by atoms with Crippen molar-refractivity contribution in [2.24, 2.45) is 0 Å². The second-order valence-corrected chi connectivity index (χ2v) is 3.54. The van der Waals surface area contributed by atoms with Crippen LogP contribution in [-0.4, -0.2) is 20.2 Å². The molecule has 0 aromatic carbocycles. The minimum Gasteiger partial charge on any atom is -0.346 e. The van der Waals surface area contributed by atoms with Crippen molar-refractivity contribution >= 4 is 0 Å². The molecule has 2 aromatic rings. The van der Waals surface area contributed by atoms with Crippen LogP contribution in [0.4, 0.5) is 0 Å². The molecule has 0 bridgehead atoms. The van der Waals surface area contributed by atoms with Crippen molar-refractivity contribution in [1.29, 1.82) is 0 Å². The number of aromatic amines is 2. The summed E-state index contributed by atoms with van der Waals surface area (Å²) in [6, 6.07) is 2.07. The van der Waals surface area contributed by atoms with E-state index in [9.17, 15) is 0 Å². The summed E-state index contributed by atoms with van der Waals surface area (Å²) in [6.07, 6.45) is 3.80. The van der Waals surface area contributed by atoms with Gasteiger partial charge in [-0.2, -0.15) is 5.10 Å². The van der Waals surface area contributed by atoms with Gasteiger partial charge in [0.2, 0.25) is 0 Å². The Morgan fingerprint density at radius 2 is 2.14 bits per heavy atom. The number of imidazole rings is 1. The number of nitrogens with zero attached hydrogens (tertiary/aromatic N) is 2. The maximum Gasteiger partial charge on any atom is 0.103 e. The number of hydrogen-bond acceptors (Lipinski definition) is 2. The van der Waals surface area contributed by atoms with E-state index in [4.69, 9.17) is 0 Å². The molecule has 0 atom stereocenters. The zero-order valence-electron chi connectivity index (χ0n) is 8.46. The molecule has 0 radical (unpaired) electrons. The number of H-pyrrole nitrogens is 2. The van der Waals surface area contributed by atoms with Gasteiger partial charge in [-0.15, -0.1) is 0 Å². The van der Waals surface area contributed by atoms with Crippen LogP contribution in [0.25, 0.3) is 0 Å². The zero-order chi connectivity index (χ0) is 9.97. The van der Waals surface area contributed by atoms with Crippen LogP contribution in [0.5, 0.6) is 0 Å². The van der Waals surface area contributed by atoms with Crippen molar-refractivity contribution in [2.45, 2.75) is 26.7 Å². The summed E-state index contributed by atoms with van der Waals surface area (Å²) >= 11 is 0. The van der Waals surface area contributed by atoms with Gasteiger partial charge in [0.15, 0.2) is 0 Å². The van der Waals surface area contributed by atoms with E-state index < -0.39 is 0 Å². The molecule has 0 aliphatic heterocycles. The molecule has 2 rings (SSSR count). The van der Waals surface area contributed by atoms with E-state index >= 15 is 0 Å². The normalized spacial score (nSPS) is 10.7. The maximum absolute atomic E-state index is 4.18. The Morgan fingerprint density at radius 3 is 2.71 bits per heavy atom. The first kappa shape index (κ1) is 8.99. The lowest BCUT2D eigenvalue weighted by molar-refractivity contribution is 0.868. The second kappa shape index (κ2) is 3.65. The minimum absolute atomic E-state index is 0.950. The van der Waals surface area contributed by atoms with Crippen molar-refractivity contribution in [3.63, 3.8) is 0 Å². The fourth-order valence-corrected chi connectivity index (χ4v) is 1.46. The predicted molar refractivity (Wildman–Crippen MR) is 54.1 cm³/mol. The van der Waals surface area contributed by atoms with E-state index in [0.717, 1.165) is 30.1 Å². The quantitative estimate of drug-likeness (QED) is 0.771. The molecule has 2 aromatic heterocycles. The summed E-state index contributed by atoms with van der Waals surface area (Å²) in [6.45, 7) is 3.97. The van der Waals surface area contributed by atoms with Gasteiger partial charge in [0.25, 0.3) is 0 Å². The third-order valence-corrected chi connectivity index (χ3v) is 2.16. The second-order valence-electron chi connectivity index (χ2n) is 3.54. The van der Waals surface area contributed by atoms with Gasteiger partial charge in [-0.25, -0.2) is 4.98 Å². The highest BCUT2D eigenvalue weighted by Crippen LogP contribution is 2.04. The van der Waals surface area contributed by atoms with Crippen LogP contribution in [0.2, 0.25) is 0 Å². The number of hydrogen-bond donors (Lipinski definition) is 2. The van der Waals surface area contributed by atoms with E-state index in [2.05, 4.69) is 26.2 Å². The monoisotopic (exact) mass is 190 g/mol. The van der Waals surface area contributed by atoms with Crippen LogP contribution >= 0.6 is 0 Å². The summed E-state index contributed by atoms with van der Waals surface area (Å²) in [5.41, 5.74) is 3.39. The standard InChI is InChI=1S/C10H14N4/c1-7-5-9(14-13-7)3-4-10-6-11-8(2)12-10/h5-6H,3-4H2,1-2H3,(H,11,12)(H,13,14). The molecular formula is C10H14N4. The van der Waals surface area contributed by atoms with Gasteiger partial charge in [0.05, 0.1) is 5.69 Å². The SMILES string of the molecule is Cc1cc(CCc2cnc(C)[nH]2)n[nH]1. The zero-order valence-corrected chi connectivity index (χ0v) is 8.46. The van der Waals surface area contributed by atoms with Crippen molar-refractivity contribution < 1.29 is 0 Å². The molecule has 0 aliphatic rings. The maximum atomic E-state index is 4.18. The summed E-state index contributed by atoms with van der Waals surface area (Å²) in [5, 5.41) is 7.11. The Hall–Kier alpha value is -1.58. The lowest BCUT2D eigenvalue weighted by atomic mass is 10.2. The number of rotatable bonds is 3. The molecular weight excluding hydrogens is 176 g/mol. The van der Waals surface area contributed by atoms with Crippen molar-refractivity contribution in [3.05, 3.63) is 35.2 Å². The first-order valence-corrected chi connectivity index (χ1v) is 4.75. The fraction of sp³-hybridized carbons (Fsp3) is 0.400. The fourth-order valence-electron chi connectivity index (χ4n) is 1.46. The van der Waals surface area contributed by atoms with E-state index in [1.165, 1.54) is 5.69 Å². The summed E-state index contributed by atoms with van der Waals surface area (Å²) in [7, 11) is 0. The van der Waals surface area contributed by atoms with Crippen LogP contribution in [-0.2, 0) is 12.8 Å². The Balaban J connectivity index is 1.94. The van der Waals surface area contributed by atoms with Crippen LogP contribution in [0, 0.1) is 13.8 Å². The number of nitrogens with one attached hydrogen (secondary N) is 2. The lowest BCUT2D eigenvalue weighted by Gasteiger charge is -1.93. The van der Waals surface area contributed by atoms with E-state index in [1.807, 2.05) is 20.0 Å². The van der Waals surface area contributed by atoms with Gasteiger partial charge in [-0.3, -0.25) is 5.10 Å². The van der Waals surface area contributed by atoms with Crippen molar-refractivity contribution in [3.8, 4) is 0 Å². The molecule has 0 aliphatic carbocycles. The van der Waals surface area contributed by atoms with Gasteiger partial charge >= 0.3 is 0 Å². The topological polar surface area (TPSA) is 57.4 Å². The van der Waals surface area contributed by atoms with Crippen LogP contribution in [0.15, 0.2) is 12.3 Å². The smallest absolute Gasteiger partial charge is 0.103 e. The van der Waals surface area contributed by atoms with Gasteiger partial charge in [0.1, 0.15) is 5.82 Å². The largest absolute Gasteiger partial charge is 0.346 e. The molecule has 2 N–H and O–H groups in total. The number of aryl methyl sites for hydroxylation is 4. The van der Waals surface area contributed by atoms with Crippen LogP contribution < -0.4 is 0 Å². The molecule has 74 valence electrons. The Kier molecular flexibility index (Phi) is 2.35. The van der Waals surface area contributed by atoms with Gasteiger partial charge < -0.3 is 4.98 Å². The summed E-state index contributed by atoms with van der Waals surface area (Å²) in [5.74, 6) is 0.971. The predicted octanol–water partition coefficient (Wildman–Crippen LogP) is 1.53. The van der Waals surface area contributed by atoms with Gasteiger partial charge in [-0.05, 0) is 32.8 Å². The molecule has 4 heteroatoms. The van der Waals surface area contributed by atoms with Gasteiger partial charge in [0, 0.05) is 17.6 Å². The highest BCUT2D eigenvalue weighted by Gasteiger charge is 2.00. The molecule has 2 heterocycles. The average molecular weight is 190 g/mol. The molecule has 0 fully saturated rings. The van der Waals surface area contributed by atoms with Crippen LogP contribution in [0.1, 0.15) is 22.9 Å². The van der Waals surface area contributed by atoms with Crippen molar-refractivity contribution in [1.82, 2.24) is 20.2 Å². The van der Waals surface area contributed by atoms with Crippen LogP contribution in [0.3, 0.4) is 0 Å². The average Bonchev–Trinajstić information content (AvgIpc) is 2.72. The van der Waals surface area contributed by atoms with E-state index in [-0.39, 0.29) is 0 Å². The third kappa shape index (κ3) is 2.02. The summed E-state index contributed by atoms with van der Waals surface area (Å²) in [4.78, 5) is 7.35. The Morgan fingerprint density at radius 1 is 1.29 bits per heavy atom. The molecule has 14 heavy (non-hydrogen) atoms. The van der Waals surface area contributed by atoms with E-state index in [1.54, 1.807) is 0 Å². The first-order valence-electron chi connectivity index (χ1n) is 4.75. The number of aromatic nitrogens is 4. The molecule has 0 unspecified atom stereocenters. The lowest BCUT2D eigenvalue weighted by Crippen LogP contribution is -1.91.